The Bertz CT molecular complexity index is 527. The third-order valence-corrected chi connectivity index (χ3v) is 2.45. The van der Waals surface area contributed by atoms with Crippen LogP contribution in [-0.4, -0.2) is 0 Å². The molecule has 0 nitrogen and oxygen atoms in total. The van der Waals surface area contributed by atoms with E-state index >= 15 is 0 Å². The van der Waals surface area contributed by atoms with Crippen LogP contribution in [-0.2, 0) is 6.18 Å². The van der Waals surface area contributed by atoms with Crippen molar-refractivity contribution in [3.8, 4) is 11.1 Å². The van der Waals surface area contributed by atoms with E-state index in [4.69, 9.17) is 0 Å². The molecule has 0 bridgehead atoms. The second-order valence-electron chi connectivity index (χ2n) is 3.78. The average Bonchev–Trinajstić information content (AvgIpc) is 2.28. The average molecular weight is 235 g/mol. The number of benzene rings is 2. The molecule has 0 fully saturated rings. The van der Waals surface area contributed by atoms with Crippen molar-refractivity contribution < 1.29 is 13.2 Å². The summed E-state index contributed by atoms with van der Waals surface area (Å²) in [6.07, 6.45) is -4.31. The van der Waals surface area contributed by atoms with Gasteiger partial charge in [-0.2, -0.15) is 13.2 Å². The van der Waals surface area contributed by atoms with E-state index in [9.17, 15) is 13.2 Å². The van der Waals surface area contributed by atoms with Crippen LogP contribution in [0.5, 0.6) is 0 Å². The predicted octanol–water partition coefficient (Wildman–Crippen LogP) is 4.55. The number of halogens is 3. The zero-order chi connectivity index (χ0) is 12.5. The Morgan fingerprint density at radius 3 is 2.00 bits per heavy atom. The molecule has 0 amide bonds. The van der Waals surface area contributed by atoms with Gasteiger partial charge in [0, 0.05) is 0 Å². The van der Waals surface area contributed by atoms with E-state index in [0.717, 1.165) is 23.3 Å². The minimum atomic E-state index is -4.31. The molecule has 0 aliphatic rings. The van der Waals surface area contributed by atoms with Crippen LogP contribution in [0, 0.1) is 6.92 Å². The molecule has 0 saturated heterocycles. The molecule has 0 heterocycles. The minimum Gasteiger partial charge on any atom is -0.166 e. The van der Waals surface area contributed by atoms with Gasteiger partial charge in [-0.3, -0.25) is 0 Å². The van der Waals surface area contributed by atoms with Crippen molar-refractivity contribution in [2.45, 2.75) is 6.18 Å². The van der Waals surface area contributed by atoms with Crippen molar-refractivity contribution in [2.75, 3.05) is 0 Å². The highest BCUT2D eigenvalue weighted by Crippen LogP contribution is 2.32. The number of hydrogen-bond donors (Lipinski definition) is 0. The first-order valence-corrected chi connectivity index (χ1v) is 5.06. The fourth-order valence-electron chi connectivity index (χ4n) is 1.63. The third-order valence-electron chi connectivity index (χ3n) is 2.45. The molecule has 0 atom stereocenters. The minimum absolute atomic E-state index is 0.547. The van der Waals surface area contributed by atoms with Gasteiger partial charge in [-0.25, -0.2) is 0 Å². The van der Waals surface area contributed by atoms with E-state index in [0.29, 0.717) is 5.56 Å². The maximum absolute atomic E-state index is 12.6. The van der Waals surface area contributed by atoms with E-state index < -0.39 is 11.7 Å². The highest BCUT2D eigenvalue weighted by atomic mass is 19.4. The summed E-state index contributed by atoms with van der Waals surface area (Å²) in [5, 5.41) is 0. The van der Waals surface area contributed by atoms with Crippen LogP contribution in [0.2, 0.25) is 0 Å². The van der Waals surface area contributed by atoms with Gasteiger partial charge in [0.1, 0.15) is 0 Å². The van der Waals surface area contributed by atoms with Crippen LogP contribution in [0.25, 0.3) is 11.1 Å². The molecule has 1 radical (unpaired) electrons. The molecule has 0 unspecified atom stereocenters. The van der Waals surface area contributed by atoms with Gasteiger partial charge < -0.3 is 0 Å². The van der Waals surface area contributed by atoms with Crippen molar-refractivity contribution in [1.82, 2.24) is 0 Å². The van der Waals surface area contributed by atoms with Crippen LogP contribution < -0.4 is 0 Å². The van der Waals surface area contributed by atoms with E-state index in [1.165, 1.54) is 6.07 Å². The van der Waals surface area contributed by atoms with Gasteiger partial charge in [0.15, 0.2) is 0 Å². The Kier molecular flexibility index (Phi) is 2.92. The first-order valence-electron chi connectivity index (χ1n) is 5.06. The monoisotopic (exact) mass is 235 g/mol. The molecule has 0 aliphatic heterocycles. The van der Waals surface area contributed by atoms with Crippen molar-refractivity contribution in [3.63, 3.8) is 0 Å². The van der Waals surface area contributed by atoms with Gasteiger partial charge in [0.2, 0.25) is 0 Å². The van der Waals surface area contributed by atoms with Crippen molar-refractivity contribution in [1.29, 1.82) is 0 Å². The maximum Gasteiger partial charge on any atom is 0.416 e. The van der Waals surface area contributed by atoms with Crippen LogP contribution in [0.1, 0.15) is 11.1 Å². The lowest BCUT2D eigenvalue weighted by Gasteiger charge is -2.09. The molecule has 0 saturated carbocycles. The summed E-state index contributed by atoms with van der Waals surface area (Å²) in [5.41, 5.74) is 1.43. The first kappa shape index (κ1) is 11.7. The molecule has 0 aliphatic carbocycles. The molecule has 87 valence electrons. The van der Waals surface area contributed by atoms with E-state index in [-0.39, 0.29) is 0 Å². The zero-order valence-corrected chi connectivity index (χ0v) is 8.96. The highest BCUT2D eigenvalue weighted by molar-refractivity contribution is 5.65. The summed E-state index contributed by atoms with van der Waals surface area (Å²) >= 11 is 0. The Morgan fingerprint density at radius 2 is 1.41 bits per heavy atom. The lowest BCUT2D eigenvalue weighted by Crippen LogP contribution is -2.04. The summed E-state index contributed by atoms with van der Waals surface area (Å²) < 4.78 is 37.7. The quantitative estimate of drug-likeness (QED) is 0.680. The van der Waals surface area contributed by atoms with Gasteiger partial charge in [-0.1, -0.05) is 36.4 Å². The molecule has 3 heteroatoms. The standard InChI is InChI=1S/C14H10F3/c1-10-4-2-5-11(8-10)12-6-3-7-13(9-12)14(15,16)17/h2-9H,1H2. The van der Waals surface area contributed by atoms with Crippen LogP contribution in [0.3, 0.4) is 0 Å². The SMILES string of the molecule is [CH2]c1cccc(-c2cccc(C(F)(F)F)c2)c1. The smallest absolute Gasteiger partial charge is 0.166 e. The van der Waals surface area contributed by atoms with Crippen molar-refractivity contribution >= 4 is 0 Å². The normalized spacial score (nSPS) is 11.5. The number of alkyl halides is 3. The molecule has 0 aromatic heterocycles. The zero-order valence-electron chi connectivity index (χ0n) is 8.96. The second kappa shape index (κ2) is 4.24. The predicted molar refractivity (Wildman–Crippen MR) is 61.3 cm³/mol. The topological polar surface area (TPSA) is 0 Å². The summed E-state index contributed by atoms with van der Waals surface area (Å²) in [5.74, 6) is 0. The largest absolute Gasteiger partial charge is 0.416 e. The Morgan fingerprint density at radius 1 is 0.824 bits per heavy atom. The summed E-state index contributed by atoms with van der Waals surface area (Å²) in [6.45, 7) is 3.76. The number of rotatable bonds is 1. The van der Waals surface area contributed by atoms with Crippen LogP contribution in [0.15, 0.2) is 48.5 Å². The number of hydrogen-bond acceptors (Lipinski definition) is 0. The Labute approximate surface area is 97.7 Å². The first-order chi connectivity index (χ1) is 7.97. The Hall–Kier alpha value is -1.77. The molecular formula is C14H10F3. The fraction of sp³-hybridized carbons (Fsp3) is 0.0714. The lowest BCUT2D eigenvalue weighted by molar-refractivity contribution is -0.137. The van der Waals surface area contributed by atoms with E-state index in [2.05, 4.69) is 6.92 Å². The molecular weight excluding hydrogens is 225 g/mol. The van der Waals surface area contributed by atoms with Crippen molar-refractivity contribution in [3.05, 3.63) is 66.6 Å². The van der Waals surface area contributed by atoms with Gasteiger partial charge in [0.05, 0.1) is 5.56 Å². The highest BCUT2D eigenvalue weighted by Gasteiger charge is 2.30. The summed E-state index contributed by atoms with van der Waals surface area (Å²) in [7, 11) is 0. The molecule has 0 N–H and O–H groups in total. The van der Waals surface area contributed by atoms with Crippen molar-refractivity contribution in [2.24, 2.45) is 0 Å². The molecule has 2 aromatic rings. The van der Waals surface area contributed by atoms with Gasteiger partial charge in [-0.15, -0.1) is 0 Å². The molecule has 2 aromatic carbocycles. The van der Waals surface area contributed by atoms with Crippen LogP contribution >= 0.6 is 0 Å². The van der Waals surface area contributed by atoms with E-state index in [1.807, 2.05) is 0 Å². The molecule has 0 spiro atoms. The summed E-state index contributed by atoms with van der Waals surface area (Å²) in [4.78, 5) is 0. The maximum atomic E-state index is 12.6. The van der Waals surface area contributed by atoms with Gasteiger partial charge >= 0.3 is 6.18 Å². The Balaban J connectivity index is 2.47. The molecule has 17 heavy (non-hydrogen) atoms. The van der Waals surface area contributed by atoms with Crippen LogP contribution in [0.4, 0.5) is 13.2 Å². The molecule has 2 rings (SSSR count). The summed E-state index contributed by atoms with van der Waals surface area (Å²) in [6, 6.07) is 12.4. The van der Waals surface area contributed by atoms with E-state index in [1.54, 1.807) is 30.3 Å². The fourth-order valence-corrected chi connectivity index (χ4v) is 1.63. The third kappa shape index (κ3) is 2.67. The lowest BCUT2D eigenvalue weighted by atomic mass is 10.0. The second-order valence-corrected chi connectivity index (χ2v) is 3.78. The van der Waals surface area contributed by atoms with Gasteiger partial charge in [-0.05, 0) is 35.7 Å². The van der Waals surface area contributed by atoms with Gasteiger partial charge in [0.25, 0.3) is 0 Å².